The molecule has 0 amide bonds. The van der Waals surface area contributed by atoms with E-state index in [1.165, 1.54) is 0 Å². The van der Waals surface area contributed by atoms with Gasteiger partial charge in [-0.3, -0.25) is 0 Å². The zero-order valence-electron chi connectivity index (χ0n) is 8.84. The zero-order valence-corrected chi connectivity index (χ0v) is 8.84. The molecule has 1 aromatic heterocycles. The molecule has 0 saturated heterocycles. The normalized spacial score (nSPS) is 26.8. The molecule has 0 radical (unpaired) electrons. The monoisotopic (exact) mass is 210 g/mol. The van der Waals surface area contributed by atoms with Crippen LogP contribution in [0.15, 0.2) is 6.20 Å². The van der Waals surface area contributed by atoms with E-state index in [1.54, 1.807) is 4.68 Å². The number of nitrogens with zero attached hydrogens (tertiary/aromatic N) is 3. The van der Waals surface area contributed by atoms with Crippen molar-refractivity contribution in [2.45, 2.75) is 44.2 Å². The summed E-state index contributed by atoms with van der Waals surface area (Å²) in [5.74, 6) is 0. The summed E-state index contributed by atoms with van der Waals surface area (Å²) in [6.45, 7) is 0.589. The number of nitrogens with two attached hydrogens (primary N) is 1. The van der Waals surface area contributed by atoms with Crippen molar-refractivity contribution in [1.82, 2.24) is 15.0 Å². The van der Waals surface area contributed by atoms with E-state index in [4.69, 9.17) is 5.73 Å². The number of hydrogen-bond donors (Lipinski definition) is 2. The Hall–Kier alpha value is -0.940. The van der Waals surface area contributed by atoms with E-state index in [0.717, 1.165) is 37.8 Å². The first kappa shape index (κ1) is 10.6. The lowest BCUT2D eigenvalue weighted by molar-refractivity contribution is 0.0685. The number of aliphatic hydroxyl groups is 1. The Morgan fingerprint density at radius 2 is 2.27 bits per heavy atom. The van der Waals surface area contributed by atoms with E-state index in [9.17, 15) is 5.11 Å². The molecule has 2 unspecified atom stereocenters. The maximum absolute atomic E-state index is 9.85. The fraction of sp³-hybridized carbons (Fsp3) is 0.800. The highest BCUT2D eigenvalue weighted by molar-refractivity contribution is 4.95. The van der Waals surface area contributed by atoms with Gasteiger partial charge in [-0.2, -0.15) is 0 Å². The molecule has 1 saturated carbocycles. The first-order valence-corrected chi connectivity index (χ1v) is 5.60. The number of rotatable bonds is 3. The summed E-state index contributed by atoms with van der Waals surface area (Å²) in [5.41, 5.74) is 6.36. The molecule has 5 heteroatoms. The van der Waals surface area contributed by atoms with Crippen LogP contribution in [-0.4, -0.2) is 32.7 Å². The number of aliphatic hydroxyl groups excluding tert-OH is 1. The summed E-state index contributed by atoms with van der Waals surface area (Å²) in [4.78, 5) is 0. The quantitative estimate of drug-likeness (QED) is 0.750. The van der Waals surface area contributed by atoms with Crippen molar-refractivity contribution in [2.75, 3.05) is 6.54 Å². The molecule has 1 aliphatic carbocycles. The van der Waals surface area contributed by atoms with E-state index in [2.05, 4.69) is 10.3 Å². The standard InChI is InChI=1S/C10H18N4O/c11-6-5-8-7-14(13-12-8)9-3-1-2-4-10(9)15/h7,9-10,15H,1-6,11H2. The van der Waals surface area contributed by atoms with E-state index in [0.29, 0.717) is 6.54 Å². The fourth-order valence-corrected chi connectivity index (χ4v) is 2.14. The third-order valence-electron chi connectivity index (χ3n) is 2.99. The van der Waals surface area contributed by atoms with Gasteiger partial charge in [-0.1, -0.05) is 18.1 Å². The molecule has 3 N–H and O–H groups in total. The Morgan fingerprint density at radius 3 is 3.00 bits per heavy atom. The predicted molar refractivity (Wildman–Crippen MR) is 56.3 cm³/mol. The maximum atomic E-state index is 9.85. The SMILES string of the molecule is NCCc1cn(C2CCCCC2O)nn1. The molecule has 1 heterocycles. The number of aromatic nitrogens is 3. The molecule has 1 fully saturated rings. The third-order valence-corrected chi connectivity index (χ3v) is 2.99. The van der Waals surface area contributed by atoms with Gasteiger partial charge in [0.05, 0.1) is 17.8 Å². The Morgan fingerprint density at radius 1 is 1.47 bits per heavy atom. The van der Waals surface area contributed by atoms with E-state index < -0.39 is 0 Å². The average Bonchev–Trinajstić information content (AvgIpc) is 2.68. The molecule has 0 aromatic carbocycles. The topological polar surface area (TPSA) is 77.0 Å². The van der Waals surface area contributed by atoms with Crippen LogP contribution in [0.5, 0.6) is 0 Å². The molecule has 2 atom stereocenters. The fourth-order valence-electron chi connectivity index (χ4n) is 2.14. The minimum atomic E-state index is -0.272. The zero-order chi connectivity index (χ0) is 10.7. The minimum Gasteiger partial charge on any atom is -0.391 e. The van der Waals surface area contributed by atoms with Crippen LogP contribution in [0.25, 0.3) is 0 Å². The molecule has 5 nitrogen and oxygen atoms in total. The van der Waals surface area contributed by atoms with Gasteiger partial charge < -0.3 is 10.8 Å². The molecular formula is C10H18N4O. The van der Waals surface area contributed by atoms with Crippen molar-refractivity contribution in [1.29, 1.82) is 0 Å². The molecule has 0 spiro atoms. The van der Waals surface area contributed by atoms with E-state index >= 15 is 0 Å². The average molecular weight is 210 g/mol. The van der Waals surface area contributed by atoms with Crippen molar-refractivity contribution in [3.05, 3.63) is 11.9 Å². The molecule has 0 aliphatic heterocycles. The van der Waals surface area contributed by atoms with Crippen molar-refractivity contribution in [3.8, 4) is 0 Å². The van der Waals surface area contributed by atoms with Gasteiger partial charge in [-0.15, -0.1) is 5.10 Å². The second-order valence-corrected chi connectivity index (χ2v) is 4.15. The lowest BCUT2D eigenvalue weighted by Gasteiger charge is -2.27. The molecular weight excluding hydrogens is 192 g/mol. The van der Waals surface area contributed by atoms with Crippen LogP contribution in [0.1, 0.15) is 37.4 Å². The Bertz CT molecular complexity index is 312. The molecule has 15 heavy (non-hydrogen) atoms. The van der Waals surface area contributed by atoms with Crippen molar-refractivity contribution >= 4 is 0 Å². The summed E-state index contributed by atoms with van der Waals surface area (Å²) in [7, 11) is 0. The van der Waals surface area contributed by atoms with Gasteiger partial charge in [-0.25, -0.2) is 4.68 Å². The van der Waals surface area contributed by atoms with Gasteiger partial charge in [0, 0.05) is 12.6 Å². The first-order valence-electron chi connectivity index (χ1n) is 5.60. The van der Waals surface area contributed by atoms with Gasteiger partial charge in [-0.05, 0) is 19.4 Å². The highest BCUT2D eigenvalue weighted by atomic mass is 16.3. The summed E-state index contributed by atoms with van der Waals surface area (Å²) >= 11 is 0. The lowest BCUT2D eigenvalue weighted by Crippen LogP contribution is -2.27. The largest absolute Gasteiger partial charge is 0.391 e. The van der Waals surface area contributed by atoms with Crippen molar-refractivity contribution in [2.24, 2.45) is 5.73 Å². The van der Waals surface area contributed by atoms with E-state index in [1.807, 2.05) is 6.20 Å². The second kappa shape index (κ2) is 4.72. The van der Waals surface area contributed by atoms with Gasteiger partial charge in [0.1, 0.15) is 0 Å². The van der Waals surface area contributed by atoms with Gasteiger partial charge >= 0.3 is 0 Å². The summed E-state index contributed by atoms with van der Waals surface area (Å²) in [5, 5.41) is 17.9. The van der Waals surface area contributed by atoms with Crippen molar-refractivity contribution in [3.63, 3.8) is 0 Å². The van der Waals surface area contributed by atoms with Gasteiger partial charge in [0.15, 0.2) is 0 Å². The highest BCUT2D eigenvalue weighted by Crippen LogP contribution is 2.27. The maximum Gasteiger partial charge on any atom is 0.0839 e. The van der Waals surface area contributed by atoms with E-state index in [-0.39, 0.29) is 12.1 Å². The molecule has 1 aliphatic rings. The third kappa shape index (κ3) is 2.35. The van der Waals surface area contributed by atoms with Crippen LogP contribution in [0.4, 0.5) is 0 Å². The smallest absolute Gasteiger partial charge is 0.0839 e. The summed E-state index contributed by atoms with van der Waals surface area (Å²) in [6, 6.07) is 0.109. The van der Waals surface area contributed by atoms with Gasteiger partial charge in [0.2, 0.25) is 0 Å². The predicted octanol–water partition coefficient (Wildman–Crippen LogP) is 0.255. The van der Waals surface area contributed by atoms with Crippen LogP contribution >= 0.6 is 0 Å². The van der Waals surface area contributed by atoms with Crippen LogP contribution in [0, 0.1) is 0 Å². The summed E-state index contributed by atoms with van der Waals surface area (Å²) in [6.07, 6.45) is 6.53. The minimum absolute atomic E-state index is 0.109. The van der Waals surface area contributed by atoms with Crippen molar-refractivity contribution < 1.29 is 5.11 Å². The van der Waals surface area contributed by atoms with Crippen LogP contribution < -0.4 is 5.73 Å². The molecule has 2 rings (SSSR count). The van der Waals surface area contributed by atoms with Gasteiger partial charge in [0.25, 0.3) is 0 Å². The Labute approximate surface area is 89.3 Å². The molecule has 84 valence electrons. The molecule has 0 bridgehead atoms. The first-order chi connectivity index (χ1) is 7.31. The van der Waals surface area contributed by atoms with Crippen LogP contribution in [-0.2, 0) is 6.42 Å². The van der Waals surface area contributed by atoms with Crippen LogP contribution in [0.2, 0.25) is 0 Å². The number of hydrogen-bond acceptors (Lipinski definition) is 4. The highest BCUT2D eigenvalue weighted by Gasteiger charge is 2.25. The second-order valence-electron chi connectivity index (χ2n) is 4.15. The Balaban J connectivity index is 2.06. The Kier molecular flexibility index (Phi) is 3.33. The molecule has 1 aromatic rings. The summed E-state index contributed by atoms with van der Waals surface area (Å²) < 4.78 is 1.80. The lowest BCUT2D eigenvalue weighted by atomic mass is 9.93. The van der Waals surface area contributed by atoms with Crippen LogP contribution in [0.3, 0.4) is 0 Å².